The van der Waals surface area contributed by atoms with E-state index in [0.29, 0.717) is 19.4 Å². The Hall–Kier alpha value is -1.08. The minimum Gasteiger partial charge on any atom is -0.392 e. The Labute approximate surface area is 116 Å². The van der Waals surface area contributed by atoms with E-state index in [2.05, 4.69) is 11.4 Å². The molecule has 1 saturated carbocycles. The number of aliphatic hydroxyl groups excluding tert-OH is 1. The summed E-state index contributed by atoms with van der Waals surface area (Å²) < 4.78 is 0. The van der Waals surface area contributed by atoms with Crippen molar-refractivity contribution in [2.75, 3.05) is 6.54 Å². The fourth-order valence-corrected chi connectivity index (χ4v) is 2.85. The number of nitrogens with one attached hydrogen (secondary N) is 1. The van der Waals surface area contributed by atoms with Crippen molar-refractivity contribution in [2.24, 2.45) is 16.7 Å². The zero-order valence-electron chi connectivity index (χ0n) is 12.5. The molecule has 0 aromatic carbocycles. The number of hydrogen-bond donors (Lipinski definition) is 2. The summed E-state index contributed by atoms with van der Waals surface area (Å²) in [6, 6.07) is 2.19. The van der Waals surface area contributed by atoms with E-state index in [-0.39, 0.29) is 17.2 Å². The van der Waals surface area contributed by atoms with E-state index in [1.54, 1.807) is 0 Å². The predicted molar refractivity (Wildman–Crippen MR) is 74.1 cm³/mol. The zero-order chi connectivity index (χ0) is 14.7. The molecular formula is C15H26N2O2. The maximum atomic E-state index is 12.2. The van der Waals surface area contributed by atoms with E-state index in [0.717, 1.165) is 12.8 Å². The first-order valence-corrected chi connectivity index (χ1v) is 7.13. The van der Waals surface area contributed by atoms with Crippen LogP contribution >= 0.6 is 0 Å². The summed E-state index contributed by atoms with van der Waals surface area (Å²) in [6.45, 7) is 8.19. The van der Waals surface area contributed by atoms with Gasteiger partial charge in [-0.1, -0.05) is 40.5 Å². The van der Waals surface area contributed by atoms with E-state index < -0.39 is 11.5 Å². The standard InChI is InChI=1S/C15H26N2O2/c1-11(2)12(18)14(3,4)10-17-13(19)15(9-16)7-5-6-8-15/h11-12,18H,5-8,10H2,1-4H3,(H,17,19). The fraction of sp³-hybridized carbons (Fsp3) is 0.867. The molecule has 19 heavy (non-hydrogen) atoms. The van der Waals surface area contributed by atoms with Gasteiger partial charge in [0.05, 0.1) is 12.2 Å². The molecule has 0 radical (unpaired) electrons. The van der Waals surface area contributed by atoms with Crippen molar-refractivity contribution in [3.05, 3.63) is 0 Å². The van der Waals surface area contributed by atoms with Crippen molar-refractivity contribution < 1.29 is 9.90 Å². The highest BCUT2D eigenvalue weighted by Crippen LogP contribution is 2.38. The van der Waals surface area contributed by atoms with Gasteiger partial charge in [-0.2, -0.15) is 5.26 Å². The van der Waals surface area contributed by atoms with Crippen molar-refractivity contribution in [1.82, 2.24) is 5.32 Å². The van der Waals surface area contributed by atoms with Gasteiger partial charge in [0.2, 0.25) is 5.91 Å². The van der Waals surface area contributed by atoms with Crippen molar-refractivity contribution >= 4 is 5.91 Å². The largest absolute Gasteiger partial charge is 0.392 e. The SMILES string of the molecule is CC(C)C(O)C(C)(C)CNC(=O)C1(C#N)CCCC1. The molecule has 2 N–H and O–H groups in total. The maximum absolute atomic E-state index is 12.2. The number of carbonyl (C=O) groups is 1. The second-order valence-electron chi connectivity index (χ2n) is 6.76. The number of hydrogen-bond acceptors (Lipinski definition) is 3. The van der Waals surface area contributed by atoms with Crippen LogP contribution in [0, 0.1) is 28.1 Å². The summed E-state index contributed by atoms with van der Waals surface area (Å²) in [5.41, 5.74) is -1.22. The minimum absolute atomic E-state index is 0.142. The van der Waals surface area contributed by atoms with Crippen molar-refractivity contribution in [2.45, 2.75) is 59.5 Å². The van der Waals surface area contributed by atoms with Gasteiger partial charge in [0, 0.05) is 12.0 Å². The van der Waals surface area contributed by atoms with E-state index in [1.807, 2.05) is 27.7 Å². The molecule has 1 amide bonds. The van der Waals surface area contributed by atoms with Crippen LogP contribution in [0.25, 0.3) is 0 Å². The van der Waals surface area contributed by atoms with Crippen LogP contribution in [-0.2, 0) is 4.79 Å². The van der Waals surface area contributed by atoms with Gasteiger partial charge < -0.3 is 10.4 Å². The Kier molecular flexibility index (Phi) is 4.98. The summed E-state index contributed by atoms with van der Waals surface area (Å²) in [5.74, 6) is -0.0279. The number of nitrogens with zero attached hydrogens (tertiary/aromatic N) is 1. The summed E-state index contributed by atoms with van der Waals surface area (Å²) in [4.78, 5) is 12.2. The van der Waals surface area contributed by atoms with Gasteiger partial charge in [0.25, 0.3) is 0 Å². The highest BCUT2D eigenvalue weighted by molar-refractivity contribution is 5.85. The molecule has 108 valence electrons. The second-order valence-corrected chi connectivity index (χ2v) is 6.76. The topological polar surface area (TPSA) is 73.1 Å². The van der Waals surface area contributed by atoms with E-state index in [9.17, 15) is 15.2 Å². The molecule has 0 aliphatic heterocycles. The van der Waals surface area contributed by atoms with Gasteiger partial charge in [0.15, 0.2) is 0 Å². The molecule has 1 unspecified atom stereocenters. The Balaban J connectivity index is 2.61. The molecule has 4 nitrogen and oxygen atoms in total. The lowest BCUT2D eigenvalue weighted by atomic mass is 9.80. The van der Waals surface area contributed by atoms with E-state index in [4.69, 9.17) is 0 Å². The van der Waals surface area contributed by atoms with Crippen LogP contribution in [0.1, 0.15) is 53.4 Å². The number of rotatable bonds is 5. The van der Waals surface area contributed by atoms with Crippen molar-refractivity contribution in [3.63, 3.8) is 0 Å². The number of nitriles is 1. The zero-order valence-corrected chi connectivity index (χ0v) is 12.5. The molecule has 1 aliphatic carbocycles. The molecule has 0 heterocycles. The van der Waals surface area contributed by atoms with Crippen LogP contribution in [0.5, 0.6) is 0 Å². The molecular weight excluding hydrogens is 240 g/mol. The first-order chi connectivity index (χ1) is 8.75. The van der Waals surface area contributed by atoms with Crippen LogP contribution < -0.4 is 5.32 Å². The molecule has 0 aromatic rings. The number of carbonyl (C=O) groups excluding carboxylic acids is 1. The lowest BCUT2D eigenvalue weighted by Gasteiger charge is -2.34. The summed E-state index contributed by atoms with van der Waals surface area (Å²) in [5, 5.41) is 22.3. The first-order valence-electron chi connectivity index (χ1n) is 7.13. The Morgan fingerprint density at radius 1 is 1.42 bits per heavy atom. The minimum atomic E-state index is -0.834. The molecule has 4 heteroatoms. The molecule has 0 bridgehead atoms. The molecule has 1 rings (SSSR count). The highest BCUT2D eigenvalue weighted by atomic mass is 16.3. The van der Waals surface area contributed by atoms with Gasteiger partial charge in [0.1, 0.15) is 5.41 Å². The van der Waals surface area contributed by atoms with Gasteiger partial charge in [-0.05, 0) is 18.8 Å². The van der Waals surface area contributed by atoms with Crippen LogP contribution in [0.2, 0.25) is 0 Å². The maximum Gasteiger partial charge on any atom is 0.240 e. The summed E-state index contributed by atoms with van der Waals surface area (Å²) in [6.07, 6.45) is 2.72. The third-order valence-corrected chi connectivity index (χ3v) is 4.24. The van der Waals surface area contributed by atoms with Gasteiger partial charge >= 0.3 is 0 Å². The normalized spacial score (nSPS) is 20.1. The molecule has 1 aliphatic rings. The average molecular weight is 266 g/mol. The van der Waals surface area contributed by atoms with Crippen LogP contribution in [0.3, 0.4) is 0 Å². The van der Waals surface area contributed by atoms with Crippen LogP contribution in [-0.4, -0.2) is 23.7 Å². The van der Waals surface area contributed by atoms with E-state index >= 15 is 0 Å². The smallest absolute Gasteiger partial charge is 0.240 e. The first kappa shape index (κ1) is 16.0. The Morgan fingerprint density at radius 2 is 1.95 bits per heavy atom. The lowest BCUT2D eigenvalue weighted by molar-refractivity contribution is -0.129. The Bertz CT molecular complexity index is 363. The van der Waals surface area contributed by atoms with Crippen molar-refractivity contribution in [1.29, 1.82) is 5.26 Å². The lowest BCUT2D eigenvalue weighted by Crippen LogP contribution is -2.47. The molecule has 1 atom stereocenters. The van der Waals surface area contributed by atoms with Crippen LogP contribution in [0.4, 0.5) is 0 Å². The molecule has 0 saturated heterocycles. The van der Waals surface area contributed by atoms with E-state index in [1.165, 1.54) is 0 Å². The quantitative estimate of drug-likeness (QED) is 0.801. The van der Waals surface area contributed by atoms with Crippen molar-refractivity contribution in [3.8, 4) is 6.07 Å². The van der Waals surface area contributed by atoms with Gasteiger partial charge in [-0.15, -0.1) is 0 Å². The Morgan fingerprint density at radius 3 is 2.37 bits per heavy atom. The summed E-state index contributed by atoms with van der Waals surface area (Å²) >= 11 is 0. The monoisotopic (exact) mass is 266 g/mol. The molecule has 0 aromatic heterocycles. The van der Waals surface area contributed by atoms with Crippen LogP contribution in [0.15, 0.2) is 0 Å². The second kappa shape index (κ2) is 5.92. The number of amides is 1. The summed E-state index contributed by atoms with van der Waals surface area (Å²) in [7, 11) is 0. The third-order valence-electron chi connectivity index (χ3n) is 4.24. The van der Waals surface area contributed by atoms with Gasteiger partial charge in [-0.25, -0.2) is 0 Å². The molecule has 0 spiro atoms. The highest BCUT2D eigenvalue weighted by Gasteiger charge is 2.42. The predicted octanol–water partition coefficient (Wildman–Crippen LogP) is 2.23. The van der Waals surface area contributed by atoms with Gasteiger partial charge in [-0.3, -0.25) is 4.79 Å². The average Bonchev–Trinajstić information content (AvgIpc) is 2.84. The molecule has 1 fully saturated rings. The number of aliphatic hydroxyl groups is 1. The third kappa shape index (κ3) is 3.48. The fourth-order valence-electron chi connectivity index (χ4n) is 2.85.